The van der Waals surface area contributed by atoms with Crippen molar-refractivity contribution in [3.63, 3.8) is 0 Å². The van der Waals surface area contributed by atoms with Crippen molar-refractivity contribution >= 4 is 18.3 Å². The number of likely N-dealkylation sites (N-methyl/N-ethyl adjacent to an activating group) is 2. The molecule has 2 aliphatic heterocycles. The summed E-state index contributed by atoms with van der Waals surface area (Å²) in [6.45, 7) is 3.56. The van der Waals surface area contributed by atoms with Gasteiger partial charge in [0.15, 0.2) is 0 Å². The van der Waals surface area contributed by atoms with E-state index < -0.39 is 0 Å². The molecule has 32 heavy (non-hydrogen) atoms. The van der Waals surface area contributed by atoms with Gasteiger partial charge in [0.2, 0.25) is 11.8 Å². The number of likely N-dealkylation sites (tertiary alicyclic amines) is 2. The fourth-order valence-corrected chi connectivity index (χ4v) is 4.56. The molecule has 2 N–H and O–H groups in total. The Labute approximate surface area is 191 Å². The number of benzene rings is 1. The molecule has 178 valence electrons. The van der Waals surface area contributed by atoms with E-state index in [0.29, 0.717) is 25.7 Å². The molecule has 3 rings (SSSR count). The molecule has 1 aromatic carbocycles. The number of amides is 2. The smallest absolute Gasteiger partial charge is 0.290 e. The van der Waals surface area contributed by atoms with Gasteiger partial charge >= 0.3 is 0 Å². The van der Waals surface area contributed by atoms with E-state index in [1.165, 1.54) is 0 Å². The van der Waals surface area contributed by atoms with Gasteiger partial charge in [-0.05, 0) is 52.4 Å². The van der Waals surface area contributed by atoms with Crippen molar-refractivity contribution in [3.8, 4) is 0 Å². The lowest BCUT2D eigenvalue weighted by molar-refractivity contribution is -0.139. The van der Waals surface area contributed by atoms with Crippen LogP contribution >= 0.6 is 0 Å². The number of hydrogen-bond acceptors (Lipinski definition) is 5. The first-order valence-corrected chi connectivity index (χ1v) is 11.4. The minimum atomic E-state index is -0.250. The fraction of sp³-hybridized carbons (Fsp3) is 0.625. The number of nitrogens with one attached hydrogen (secondary N) is 1. The van der Waals surface area contributed by atoms with Gasteiger partial charge in [-0.15, -0.1) is 0 Å². The summed E-state index contributed by atoms with van der Waals surface area (Å²) in [6, 6.07) is 10.5. The van der Waals surface area contributed by atoms with Crippen LogP contribution in [0.4, 0.5) is 0 Å². The molecule has 2 heterocycles. The predicted octanol–water partition coefficient (Wildman–Crippen LogP) is 1.51. The number of carboxylic acid groups (broad SMARTS) is 1. The van der Waals surface area contributed by atoms with Gasteiger partial charge in [0.05, 0.1) is 5.92 Å². The van der Waals surface area contributed by atoms with Crippen molar-refractivity contribution in [2.45, 2.75) is 38.3 Å². The fourth-order valence-electron chi connectivity index (χ4n) is 4.56. The van der Waals surface area contributed by atoms with Crippen molar-refractivity contribution in [2.75, 3.05) is 47.3 Å². The van der Waals surface area contributed by atoms with Gasteiger partial charge in [-0.1, -0.05) is 30.3 Å². The standard InChI is InChI=1S/C23H36N4O2.CH2O2/c1-25(2)21-10-9-20(16-26(3)17-21)23(29)27-13-11-19(12-14-27)22(28)24-15-18-7-5-4-6-8-18;2-1-3/h4-8,19-21H,9-17H2,1-3H3,(H,24,28);1H,(H,2,3)/t20-,21+;/m1./s1. The van der Waals surface area contributed by atoms with E-state index in [0.717, 1.165) is 44.3 Å². The lowest BCUT2D eigenvalue weighted by Gasteiger charge is -2.34. The molecule has 0 unspecified atom stereocenters. The van der Waals surface area contributed by atoms with Crippen LogP contribution < -0.4 is 5.32 Å². The molecular weight excluding hydrogens is 408 g/mol. The van der Waals surface area contributed by atoms with Gasteiger partial charge in [-0.2, -0.15) is 0 Å². The maximum atomic E-state index is 13.1. The average molecular weight is 447 g/mol. The molecule has 0 spiro atoms. The zero-order valence-electron chi connectivity index (χ0n) is 19.6. The molecule has 2 aliphatic rings. The molecule has 8 nitrogen and oxygen atoms in total. The molecule has 0 radical (unpaired) electrons. The molecule has 2 fully saturated rings. The minimum Gasteiger partial charge on any atom is -0.483 e. The Morgan fingerprint density at radius 3 is 2.28 bits per heavy atom. The lowest BCUT2D eigenvalue weighted by atomic mass is 9.93. The Balaban J connectivity index is 0.00000114. The highest BCUT2D eigenvalue weighted by Crippen LogP contribution is 2.24. The summed E-state index contributed by atoms with van der Waals surface area (Å²) in [5.41, 5.74) is 1.11. The van der Waals surface area contributed by atoms with Crippen LogP contribution in [-0.2, 0) is 20.9 Å². The molecule has 8 heteroatoms. The van der Waals surface area contributed by atoms with Crippen LogP contribution in [0.25, 0.3) is 0 Å². The van der Waals surface area contributed by atoms with Gasteiger partial charge in [0.1, 0.15) is 0 Å². The Hall–Kier alpha value is -2.45. The first-order chi connectivity index (χ1) is 15.3. The molecule has 0 aliphatic carbocycles. The number of carbonyl (C=O) groups is 3. The minimum absolute atomic E-state index is 0.0118. The average Bonchev–Trinajstić information content (AvgIpc) is 3.00. The number of rotatable bonds is 5. The third kappa shape index (κ3) is 7.91. The number of nitrogens with zero attached hydrogens (tertiary/aromatic N) is 3. The van der Waals surface area contributed by atoms with E-state index in [-0.39, 0.29) is 30.1 Å². The van der Waals surface area contributed by atoms with Crippen molar-refractivity contribution in [3.05, 3.63) is 35.9 Å². The van der Waals surface area contributed by atoms with Gasteiger partial charge in [0, 0.05) is 44.7 Å². The monoisotopic (exact) mass is 446 g/mol. The number of hydrogen-bond donors (Lipinski definition) is 2. The maximum absolute atomic E-state index is 13.1. The van der Waals surface area contributed by atoms with Crippen LogP contribution in [0.5, 0.6) is 0 Å². The largest absolute Gasteiger partial charge is 0.483 e. The van der Waals surface area contributed by atoms with Crippen LogP contribution in [0.2, 0.25) is 0 Å². The maximum Gasteiger partial charge on any atom is 0.290 e. The summed E-state index contributed by atoms with van der Waals surface area (Å²) in [6.07, 6.45) is 3.53. The zero-order valence-corrected chi connectivity index (χ0v) is 19.6. The molecule has 2 amide bonds. The van der Waals surface area contributed by atoms with Crippen LogP contribution in [0, 0.1) is 11.8 Å². The Bertz CT molecular complexity index is 720. The summed E-state index contributed by atoms with van der Waals surface area (Å²) in [5.74, 6) is 0.481. The van der Waals surface area contributed by atoms with Gasteiger partial charge in [0.25, 0.3) is 6.47 Å². The Morgan fingerprint density at radius 1 is 1.06 bits per heavy atom. The third-order valence-corrected chi connectivity index (χ3v) is 6.47. The first kappa shape index (κ1) is 25.8. The van der Waals surface area contributed by atoms with Crippen molar-refractivity contribution in [1.29, 1.82) is 0 Å². The highest BCUT2D eigenvalue weighted by atomic mass is 16.3. The molecule has 2 saturated heterocycles. The summed E-state index contributed by atoms with van der Waals surface area (Å²) in [7, 11) is 6.36. The first-order valence-electron chi connectivity index (χ1n) is 11.4. The third-order valence-electron chi connectivity index (χ3n) is 6.47. The van der Waals surface area contributed by atoms with Crippen molar-refractivity contribution in [1.82, 2.24) is 20.0 Å². The highest BCUT2D eigenvalue weighted by molar-refractivity contribution is 5.81. The molecule has 2 atom stereocenters. The normalized spacial score (nSPS) is 22.4. The Kier molecular flexibility index (Phi) is 10.6. The van der Waals surface area contributed by atoms with Crippen molar-refractivity contribution in [2.24, 2.45) is 11.8 Å². The molecular formula is C24H38N4O4. The van der Waals surface area contributed by atoms with Gasteiger partial charge < -0.3 is 25.1 Å². The zero-order chi connectivity index (χ0) is 23.5. The lowest BCUT2D eigenvalue weighted by Crippen LogP contribution is -2.46. The summed E-state index contributed by atoms with van der Waals surface area (Å²) in [5, 5.41) is 9.94. The molecule has 1 aromatic rings. The second-order valence-corrected chi connectivity index (χ2v) is 9.02. The quantitative estimate of drug-likeness (QED) is 0.666. The van der Waals surface area contributed by atoms with E-state index >= 15 is 0 Å². The van der Waals surface area contributed by atoms with E-state index in [1.807, 2.05) is 35.2 Å². The summed E-state index contributed by atoms with van der Waals surface area (Å²) in [4.78, 5) is 40.5. The van der Waals surface area contributed by atoms with Gasteiger partial charge in [-0.3, -0.25) is 14.4 Å². The molecule has 0 aromatic heterocycles. The summed E-state index contributed by atoms with van der Waals surface area (Å²) < 4.78 is 0. The SMILES string of the molecule is CN1C[C@H](C(=O)N2CCC(C(=O)NCc3ccccc3)CC2)CC[C@H](N(C)C)C1.O=CO. The number of piperidine rings is 1. The molecule has 0 saturated carbocycles. The van der Waals surface area contributed by atoms with Crippen molar-refractivity contribution < 1.29 is 19.5 Å². The topological polar surface area (TPSA) is 93.2 Å². The second-order valence-electron chi connectivity index (χ2n) is 9.02. The van der Waals surface area contributed by atoms with Crippen LogP contribution in [-0.4, -0.2) is 91.5 Å². The van der Waals surface area contributed by atoms with Crippen LogP contribution in [0.3, 0.4) is 0 Å². The highest BCUT2D eigenvalue weighted by Gasteiger charge is 2.33. The predicted molar refractivity (Wildman–Crippen MR) is 124 cm³/mol. The summed E-state index contributed by atoms with van der Waals surface area (Å²) >= 11 is 0. The van der Waals surface area contributed by atoms with Gasteiger partial charge in [-0.25, -0.2) is 0 Å². The molecule has 0 bridgehead atoms. The Morgan fingerprint density at radius 2 is 1.69 bits per heavy atom. The van der Waals surface area contributed by atoms with E-state index in [9.17, 15) is 9.59 Å². The van der Waals surface area contributed by atoms with E-state index in [1.54, 1.807) is 0 Å². The van der Waals surface area contributed by atoms with Crippen LogP contribution in [0.15, 0.2) is 30.3 Å². The van der Waals surface area contributed by atoms with E-state index in [2.05, 4.69) is 36.3 Å². The van der Waals surface area contributed by atoms with Crippen LogP contribution in [0.1, 0.15) is 31.2 Å². The number of carbonyl (C=O) groups excluding carboxylic acids is 2. The van der Waals surface area contributed by atoms with E-state index in [4.69, 9.17) is 9.90 Å². The second kappa shape index (κ2) is 13.2.